The Morgan fingerprint density at radius 1 is 1.29 bits per heavy atom. The van der Waals surface area contributed by atoms with E-state index in [-0.39, 0.29) is 0 Å². The lowest BCUT2D eigenvalue weighted by molar-refractivity contribution is 1.10. The van der Waals surface area contributed by atoms with E-state index in [1.165, 1.54) is 0 Å². The number of hydrogen-bond donors (Lipinski definition) is 1. The van der Waals surface area contributed by atoms with Crippen LogP contribution < -0.4 is 5.32 Å². The fraction of sp³-hybridized carbons (Fsp3) is 0.167. The minimum absolute atomic E-state index is 0.744. The number of anilines is 1. The maximum atomic E-state index is 4.52. The Morgan fingerprint density at radius 3 is 2.65 bits per heavy atom. The molecule has 1 aromatic carbocycles. The molecular formula is C12H11BrIN3. The largest absolute Gasteiger partial charge is 0.369 e. The molecule has 0 spiro atoms. The highest BCUT2D eigenvalue weighted by molar-refractivity contribution is 14.1. The molecule has 0 fully saturated rings. The Bertz CT molecular complexity index is 514. The van der Waals surface area contributed by atoms with Crippen molar-refractivity contribution >= 4 is 44.3 Å². The lowest BCUT2D eigenvalue weighted by Gasteiger charge is -2.07. The van der Waals surface area contributed by atoms with Crippen LogP contribution in [0.2, 0.25) is 0 Å². The summed E-state index contributed by atoms with van der Waals surface area (Å²) in [6, 6.07) is 7.98. The zero-order valence-corrected chi connectivity index (χ0v) is 13.0. The number of hydrogen-bond acceptors (Lipinski definition) is 3. The summed E-state index contributed by atoms with van der Waals surface area (Å²) >= 11 is 5.64. The van der Waals surface area contributed by atoms with E-state index >= 15 is 0 Å². The fourth-order valence-corrected chi connectivity index (χ4v) is 2.11. The summed E-state index contributed by atoms with van der Waals surface area (Å²) in [5, 5.41) is 3.23. The average molecular weight is 404 g/mol. The highest BCUT2D eigenvalue weighted by atomic mass is 127. The second kappa shape index (κ2) is 5.77. The van der Waals surface area contributed by atoms with Gasteiger partial charge in [0.2, 0.25) is 0 Å². The molecular weight excluding hydrogens is 393 g/mol. The predicted octanol–water partition coefficient (Wildman–Crippen LogP) is 3.94. The molecule has 0 saturated carbocycles. The van der Waals surface area contributed by atoms with Crippen LogP contribution in [0.15, 0.2) is 34.9 Å². The first-order valence-electron chi connectivity index (χ1n) is 5.23. The normalized spacial score (nSPS) is 10.3. The van der Waals surface area contributed by atoms with E-state index in [1.54, 1.807) is 0 Å². The molecule has 2 aromatic rings. The van der Waals surface area contributed by atoms with Gasteiger partial charge >= 0.3 is 0 Å². The van der Waals surface area contributed by atoms with Crippen molar-refractivity contribution in [2.24, 2.45) is 0 Å². The highest BCUT2D eigenvalue weighted by Gasteiger charge is 2.05. The summed E-state index contributed by atoms with van der Waals surface area (Å²) in [5.41, 5.74) is 1.02. The molecule has 0 atom stereocenters. The highest BCUT2D eigenvalue weighted by Crippen LogP contribution is 2.22. The van der Waals surface area contributed by atoms with Gasteiger partial charge in [-0.25, -0.2) is 9.97 Å². The third-order valence-corrected chi connectivity index (χ3v) is 3.51. The van der Waals surface area contributed by atoms with E-state index in [2.05, 4.69) is 60.7 Å². The molecule has 0 aliphatic carbocycles. The first kappa shape index (κ1) is 12.8. The smallest absolute Gasteiger partial charge is 0.161 e. The van der Waals surface area contributed by atoms with Gasteiger partial charge < -0.3 is 5.32 Å². The van der Waals surface area contributed by atoms with Gasteiger partial charge in [-0.2, -0.15) is 0 Å². The topological polar surface area (TPSA) is 37.8 Å². The number of nitrogens with zero attached hydrogens (tertiary/aromatic N) is 2. The molecule has 1 aromatic heterocycles. The molecule has 0 bridgehead atoms. The Hall–Kier alpha value is -0.690. The third kappa shape index (κ3) is 3.16. The quantitative estimate of drug-likeness (QED) is 0.788. The van der Waals surface area contributed by atoms with Crippen LogP contribution in [0.1, 0.15) is 6.92 Å². The Kier molecular flexibility index (Phi) is 4.33. The van der Waals surface area contributed by atoms with Gasteiger partial charge in [-0.1, -0.05) is 28.1 Å². The summed E-state index contributed by atoms with van der Waals surface area (Å²) in [6.07, 6.45) is 1.84. The van der Waals surface area contributed by atoms with E-state index in [0.29, 0.717) is 0 Å². The van der Waals surface area contributed by atoms with Crippen molar-refractivity contribution in [1.82, 2.24) is 9.97 Å². The molecule has 0 aliphatic heterocycles. The van der Waals surface area contributed by atoms with Crippen molar-refractivity contribution in [2.45, 2.75) is 6.92 Å². The van der Waals surface area contributed by atoms with Crippen LogP contribution in [0.25, 0.3) is 11.4 Å². The summed E-state index contributed by atoms with van der Waals surface area (Å²) in [4.78, 5) is 8.86. The van der Waals surface area contributed by atoms with Crippen molar-refractivity contribution < 1.29 is 0 Å². The van der Waals surface area contributed by atoms with Crippen LogP contribution >= 0.6 is 38.5 Å². The first-order chi connectivity index (χ1) is 8.20. The molecule has 1 N–H and O–H groups in total. The SMILES string of the molecule is CCNc1nc(-c2ccc(Br)cc2)ncc1I. The molecule has 0 saturated heterocycles. The number of benzene rings is 1. The average Bonchev–Trinajstić information content (AvgIpc) is 2.33. The van der Waals surface area contributed by atoms with Crippen molar-refractivity contribution in [2.75, 3.05) is 11.9 Å². The number of nitrogens with one attached hydrogen (secondary N) is 1. The Balaban J connectivity index is 2.39. The maximum Gasteiger partial charge on any atom is 0.161 e. The fourth-order valence-electron chi connectivity index (χ4n) is 1.40. The molecule has 17 heavy (non-hydrogen) atoms. The van der Waals surface area contributed by atoms with Gasteiger partial charge in [0.1, 0.15) is 5.82 Å². The van der Waals surface area contributed by atoms with Gasteiger partial charge in [0, 0.05) is 22.8 Å². The van der Waals surface area contributed by atoms with E-state index < -0.39 is 0 Å². The lowest BCUT2D eigenvalue weighted by Crippen LogP contribution is -2.03. The van der Waals surface area contributed by atoms with Crippen LogP contribution in [0.5, 0.6) is 0 Å². The second-order valence-corrected chi connectivity index (χ2v) is 5.51. The van der Waals surface area contributed by atoms with Gasteiger partial charge in [-0.05, 0) is 41.6 Å². The summed E-state index contributed by atoms with van der Waals surface area (Å²) in [5.74, 6) is 1.63. The molecule has 0 unspecified atom stereocenters. The van der Waals surface area contributed by atoms with Crippen molar-refractivity contribution in [1.29, 1.82) is 0 Å². The van der Waals surface area contributed by atoms with Gasteiger partial charge in [0.05, 0.1) is 3.57 Å². The van der Waals surface area contributed by atoms with Crippen LogP contribution in [-0.2, 0) is 0 Å². The summed E-state index contributed by atoms with van der Waals surface area (Å²) in [7, 11) is 0. The van der Waals surface area contributed by atoms with E-state index in [9.17, 15) is 0 Å². The number of aromatic nitrogens is 2. The van der Waals surface area contributed by atoms with Gasteiger partial charge in [0.25, 0.3) is 0 Å². The van der Waals surface area contributed by atoms with Crippen LogP contribution in [-0.4, -0.2) is 16.5 Å². The molecule has 88 valence electrons. The van der Waals surface area contributed by atoms with E-state index in [1.807, 2.05) is 30.5 Å². The van der Waals surface area contributed by atoms with Crippen molar-refractivity contribution in [3.63, 3.8) is 0 Å². The Morgan fingerprint density at radius 2 is 2.00 bits per heavy atom. The molecule has 0 radical (unpaired) electrons. The second-order valence-electron chi connectivity index (χ2n) is 3.43. The van der Waals surface area contributed by atoms with Gasteiger partial charge in [-0.3, -0.25) is 0 Å². The molecule has 1 heterocycles. The zero-order chi connectivity index (χ0) is 12.3. The molecule has 0 amide bonds. The number of rotatable bonds is 3. The molecule has 3 nitrogen and oxygen atoms in total. The molecule has 0 aliphatic rings. The van der Waals surface area contributed by atoms with Crippen molar-refractivity contribution in [3.8, 4) is 11.4 Å². The van der Waals surface area contributed by atoms with Gasteiger partial charge in [0.15, 0.2) is 5.82 Å². The van der Waals surface area contributed by atoms with E-state index in [4.69, 9.17) is 0 Å². The monoisotopic (exact) mass is 403 g/mol. The van der Waals surface area contributed by atoms with E-state index in [0.717, 1.165) is 31.8 Å². The minimum atomic E-state index is 0.744. The summed E-state index contributed by atoms with van der Waals surface area (Å²) < 4.78 is 2.09. The first-order valence-corrected chi connectivity index (χ1v) is 7.10. The van der Waals surface area contributed by atoms with Crippen LogP contribution in [0.3, 0.4) is 0 Å². The van der Waals surface area contributed by atoms with Gasteiger partial charge in [-0.15, -0.1) is 0 Å². The number of halogens is 2. The standard InChI is InChI=1S/C12H11BrIN3/c1-2-15-12-10(14)7-16-11(17-12)8-3-5-9(13)6-4-8/h3-7H,2H2,1H3,(H,15,16,17). The minimum Gasteiger partial charge on any atom is -0.369 e. The van der Waals surface area contributed by atoms with Crippen molar-refractivity contribution in [3.05, 3.63) is 38.5 Å². The zero-order valence-electron chi connectivity index (χ0n) is 9.24. The maximum absolute atomic E-state index is 4.52. The predicted molar refractivity (Wildman–Crippen MR) is 82.0 cm³/mol. The summed E-state index contributed by atoms with van der Waals surface area (Å²) in [6.45, 7) is 2.91. The lowest BCUT2D eigenvalue weighted by atomic mass is 10.2. The van der Waals surface area contributed by atoms with Crippen LogP contribution in [0, 0.1) is 3.57 Å². The molecule has 2 rings (SSSR count). The Labute approximate surface area is 122 Å². The molecule has 5 heteroatoms. The third-order valence-electron chi connectivity index (χ3n) is 2.19. The van der Waals surface area contributed by atoms with Crippen LogP contribution in [0.4, 0.5) is 5.82 Å².